The van der Waals surface area contributed by atoms with Gasteiger partial charge >= 0.3 is 0 Å². The minimum atomic E-state index is -0.172. The van der Waals surface area contributed by atoms with E-state index in [-0.39, 0.29) is 11.5 Å². The molecule has 5 nitrogen and oxygen atoms in total. The van der Waals surface area contributed by atoms with Crippen LogP contribution in [0, 0.1) is 6.92 Å². The molecule has 0 saturated carbocycles. The van der Waals surface area contributed by atoms with E-state index in [1.807, 2.05) is 30.5 Å². The summed E-state index contributed by atoms with van der Waals surface area (Å²) < 4.78 is 3.60. The number of carbonyl (C=O) groups is 1. The zero-order chi connectivity index (χ0) is 19.0. The number of hydrogen-bond donors (Lipinski definition) is 1. The predicted octanol–water partition coefficient (Wildman–Crippen LogP) is 3.23. The highest BCUT2D eigenvalue weighted by Gasteiger charge is 2.13. The van der Waals surface area contributed by atoms with Gasteiger partial charge in [0.15, 0.2) is 0 Å². The van der Waals surface area contributed by atoms with Crippen LogP contribution in [-0.4, -0.2) is 21.6 Å². The smallest absolute Gasteiger partial charge is 0.258 e. The lowest BCUT2D eigenvalue weighted by Crippen LogP contribution is -2.29. The van der Waals surface area contributed by atoms with Gasteiger partial charge in [0.1, 0.15) is 0 Å². The third kappa shape index (κ3) is 3.01. The van der Waals surface area contributed by atoms with Crippen molar-refractivity contribution < 1.29 is 4.79 Å². The molecule has 0 radical (unpaired) electrons. The van der Waals surface area contributed by atoms with Gasteiger partial charge in [-0.1, -0.05) is 30.3 Å². The number of aryl methyl sites for hydroxylation is 2. The predicted molar refractivity (Wildman–Crippen MR) is 108 cm³/mol. The minimum absolute atomic E-state index is 0.101. The molecule has 0 saturated heterocycles. The first-order chi connectivity index (χ1) is 13.1. The number of pyridine rings is 1. The van der Waals surface area contributed by atoms with Gasteiger partial charge in [-0.05, 0) is 30.7 Å². The molecule has 0 aliphatic carbocycles. The minimum Gasteiger partial charge on any atom is -0.350 e. The Morgan fingerprint density at radius 2 is 1.78 bits per heavy atom. The van der Waals surface area contributed by atoms with Gasteiger partial charge in [0.05, 0.1) is 5.56 Å². The van der Waals surface area contributed by atoms with E-state index in [9.17, 15) is 9.59 Å². The summed E-state index contributed by atoms with van der Waals surface area (Å²) in [6.07, 6.45) is 3.65. The lowest BCUT2D eigenvalue weighted by molar-refractivity contribution is 0.0953. The quantitative estimate of drug-likeness (QED) is 0.608. The zero-order valence-corrected chi connectivity index (χ0v) is 15.4. The number of nitrogens with zero attached hydrogens (tertiary/aromatic N) is 2. The van der Waals surface area contributed by atoms with Crippen molar-refractivity contribution in [2.75, 3.05) is 6.54 Å². The molecule has 0 unspecified atom stereocenters. The summed E-state index contributed by atoms with van der Waals surface area (Å²) in [6, 6.07) is 15.5. The van der Waals surface area contributed by atoms with E-state index in [1.165, 1.54) is 15.5 Å². The standard InChI is InChI=1S/C22H21N3O2/c1-15-6-5-9-20-16(15)10-12-25(20)13-11-23-21(26)19-14-24(2)22(27)18-8-4-3-7-17(18)19/h3-10,12,14H,11,13H2,1-2H3,(H,23,26). The Hall–Kier alpha value is -3.34. The van der Waals surface area contributed by atoms with E-state index in [1.54, 1.807) is 19.3 Å². The number of aromatic nitrogens is 2. The van der Waals surface area contributed by atoms with Gasteiger partial charge in [-0.15, -0.1) is 0 Å². The highest BCUT2D eigenvalue weighted by atomic mass is 16.2. The molecule has 0 fully saturated rings. The van der Waals surface area contributed by atoms with Gasteiger partial charge in [-0.25, -0.2) is 0 Å². The van der Waals surface area contributed by atoms with Crippen LogP contribution in [0.4, 0.5) is 0 Å². The van der Waals surface area contributed by atoms with Crippen molar-refractivity contribution in [1.29, 1.82) is 0 Å². The lowest BCUT2D eigenvalue weighted by atomic mass is 10.1. The number of rotatable bonds is 4. The third-order valence-electron chi connectivity index (χ3n) is 5.01. The summed E-state index contributed by atoms with van der Waals surface area (Å²) >= 11 is 0. The number of carbonyl (C=O) groups excluding carboxylic acids is 1. The average Bonchev–Trinajstić information content (AvgIpc) is 3.09. The van der Waals surface area contributed by atoms with Crippen LogP contribution in [0.3, 0.4) is 0 Å². The molecule has 2 aromatic carbocycles. The Kier molecular flexibility index (Phi) is 4.28. The third-order valence-corrected chi connectivity index (χ3v) is 5.01. The molecule has 4 rings (SSSR count). The van der Waals surface area contributed by atoms with Gasteiger partial charge in [0.2, 0.25) is 0 Å². The van der Waals surface area contributed by atoms with Crippen LogP contribution in [0.2, 0.25) is 0 Å². The molecule has 2 heterocycles. The van der Waals surface area contributed by atoms with Gasteiger partial charge in [-0.2, -0.15) is 0 Å². The maximum absolute atomic E-state index is 12.7. The first-order valence-electron chi connectivity index (χ1n) is 8.97. The first kappa shape index (κ1) is 17.1. The van der Waals surface area contributed by atoms with E-state index < -0.39 is 0 Å². The lowest BCUT2D eigenvalue weighted by Gasteiger charge is -2.11. The molecule has 4 aromatic rings. The van der Waals surface area contributed by atoms with Crippen molar-refractivity contribution >= 4 is 27.6 Å². The molecule has 0 spiro atoms. The molecule has 1 amide bonds. The molecular formula is C22H21N3O2. The van der Waals surface area contributed by atoms with Crippen molar-refractivity contribution in [2.45, 2.75) is 13.5 Å². The highest BCUT2D eigenvalue weighted by molar-refractivity contribution is 6.06. The molecule has 1 N–H and O–H groups in total. The van der Waals surface area contributed by atoms with Crippen LogP contribution >= 0.6 is 0 Å². The molecule has 0 bridgehead atoms. The maximum atomic E-state index is 12.7. The second-order valence-electron chi connectivity index (χ2n) is 6.78. The van der Waals surface area contributed by atoms with Gasteiger partial charge < -0.3 is 14.5 Å². The second-order valence-corrected chi connectivity index (χ2v) is 6.78. The van der Waals surface area contributed by atoms with E-state index in [0.29, 0.717) is 29.4 Å². The number of nitrogens with one attached hydrogen (secondary N) is 1. The van der Waals surface area contributed by atoms with Gasteiger partial charge in [0, 0.05) is 54.2 Å². The molecule has 0 aliphatic rings. The van der Waals surface area contributed by atoms with Crippen molar-refractivity contribution in [3.8, 4) is 0 Å². The van der Waals surface area contributed by atoms with Crippen molar-refractivity contribution in [3.63, 3.8) is 0 Å². The monoisotopic (exact) mass is 359 g/mol. The van der Waals surface area contributed by atoms with E-state index in [2.05, 4.69) is 35.0 Å². The maximum Gasteiger partial charge on any atom is 0.258 e. The molecular weight excluding hydrogens is 338 g/mol. The second kappa shape index (κ2) is 6.76. The van der Waals surface area contributed by atoms with Crippen LogP contribution in [0.5, 0.6) is 0 Å². The molecule has 0 atom stereocenters. The summed E-state index contributed by atoms with van der Waals surface area (Å²) in [5, 5.41) is 5.45. The molecule has 0 aliphatic heterocycles. The molecule has 27 heavy (non-hydrogen) atoms. The topological polar surface area (TPSA) is 56.0 Å². The molecule has 2 aromatic heterocycles. The Morgan fingerprint density at radius 1 is 1.00 bits per heavy atom. The Morgan fingerprint density at radius 3 is 2.59 bits per heavy atom. The SMILES string of the molecule is Cc1cccc2c1ccn2CCNC(=O)c1cn(C)c(=O)c2ccccc12. The van der Waals surface area contributed by atoms with Crippen LogP contribution in [0.25, 0.3) is 21.7 Å². The fraction of sp³-hybridized carbons (Fsp3) is 0.182. The Balaban J connectivity index is 1.55. The molecule has 136 valence electrons. The van der Waals surface area contributed by atoms with Crippen LogP contribution in [0.1, 0.15) is 15.9 Å². The summed E-state index contributed by atoms with van der Waals surface area (Å²) in [5.74, 6) is -0.172. The van der Waals surface area contributed by atoms with Gasteiger partial charge in [-0.3, -0.25) is 9.59 Å². The fourth-order valence-electron chi connectivity index (χ4n) is 3.55. The largest absolute Gasteiger partial charge is 0.350 e. The number of amides is 1. The van der Waals surface area contributed by atoms with Crippen LogP contribution < -0.4 is 10.9 Å². The fourth-order valence-corrected chi connectivity index (χ4v) is 3.55. The normalized spacial score (nSPS) is 11.2. The van der Waals surface area contributed by atoms with E-state index in [4.69, 9.17) is 0 Å². The summed E-state index contributed by atoms with van der Waals surface area (Å²) in [4.78, 5) is 25.0. The van der Waals surface area contributed by atoms with Crippen LogP contribution in [-0.2, 0) is 13.6 Å². The first-order valence-corrected chi connectivity index (χ1v) is 8.97. The van der Waals surface area contributed by atoms with Crippen molar-refractivity contribution in [3.05, 3.63) is 82.4 Å². The average molecular weight is 359 g/mol. The zero-order valence-electron chi connectivity index (χ0n) is 15.4. The number of benzene rings is 2. The summed E-state index contributed by atoms with van der Waals surface area (Å²) in [5.41, 5.74) is 2.82. The number of fused-ring (bicyclic) bond motifs is 2. The molecule has 5 heteroatoms. The Bertz CT molecular complexity index is 1220. The van der Waals surface area contributed by atoms with Crippen molar-refractivity contribution in [2.24, 2.45) is 7.05 Å². The summed E-state index contributed by atoms with van der Waals surface area (Å²) in [7, 11) is 1.67. The highest BCUT2D eigenvalue weighted by Crippen LogP contribution is 2.19. The van der Waals surface area contributed by atoms with Gasteiger partial charge in [0.25, 0.3) is 11.5 Å². The number of hydrogen-bond acceptors (Lipinski definition) is 2. The Labute approximate surface area is 156 Å². The van der Waals surface area contributed by atoms with Crippen LogP contribution in [0.15, 0.2) is 65.7 Å². The van der Waals surface area contributed by atoms with E-state index >= 15 is 0 Å². The van der Waals surface area contributed by atoms with E-state index in [0.717, 1.165) is 5.52 Å². The van der Waals surface area contributed by atoms with Crippen molar-refractivity contribution in [1.82, 2.24) is 14.5 Å². The summed E-state index contributed by atoms with van der Waals surface area (Å²) in [6.45, 7) is 3.29.